The second-order valence-corrected chi connectivity index (χ2v) is 15.0. The average Bonchev–Trinajstić information content (AvgIpc) is 3.83. The van der Waals surface area contributed by atoms with Crippen molar-refractivity contribution in [3.63, 3.8) is 0 Å². The lowest BCUT2D eigenvalue weighted by atomic mass is 10.1. The number of phenolic OH excluding ortho intramolecular Hbond substituents is 1. The molecule has 2 unspecified atom stereocenters. The molecule has 2 aromatic heterocycles. The van der Waals surface area contributed by atoms with Gasteiger partial charge in [-0.1, -0.05) is 56.1 Å². The Morgan fingerprint density at radius 2 is 1.09 bits per heavy atom. The molecule has 0 saturated heterocycles. The van der Waals surface area contributed by atoms with Crippen LogP contribution in [0.3, 0.4) is 0 Å². The minimum absolute atomic E-state index is 0.0917. The summed E-state index contributed by atoms with van der Waals surface area (Å²) in [5, 5.41) is 15.6. The molecule has 2 aliphatic rings. The summed E-state index contributed by atoms with van der Waals surface area (Å²) in [6.45, 7) is 0. The van der Waals surface area contributed by atoms with Gasteiger partial charge in [0.25, 0.3) is 22.9 Å². The number of halogens is 2. The van der Waals surface area contributed by atoms with Crippen LogP contribution in [0.1, 0.15) is 67.9 Å². The molecule has 55 heavy (non-hydrogen) atoms. The molecule has 0 bridgehead atoms. The van der Waals surface area contributed by atoms with E-state index in [1.807, 2.05) is 48.5 Å². The Morgan fingerprint density at radius 3 is 1.58 bits per heavy atom. The zero-order valence-electron chi connectivity index (χ0n) is 29.7. The molecule has 0 spiro atoms. The van der Waals surface area contributed by atoms with Crippen LogP contribution in [-0.4, -0.2) is 33.2 Å². The van der Waals surface area contributed by atoms with E-state index in [0.717, 1.165) is 49.8 Å². The highest BCUT2D eigenvalue weighted by Crippen LogP contribution is 2.39. The number of aromatic nitrogens is 2. The molecule has 2 atom stereocenters. The predicted octanol–water partition coefficient (Wildman–Crippen LogP) is 8.51. The fraction of sp³-hybridized carbons (Fsp3) is 0.163. The number of nitrogens with zero attached hydrogens (tertiary/aromatic N) is 2. The van der Waals surface area contributed by atoms with E-state index in [-0.39, 0.29) is 40.1 Å². The van der Waals surface area contributed by atoms with Crippen molar-refractivity contribution in [1.82, 2.24) is 9.13 Å². The topological polar surface area (TPSA) is 132 Å². The Morgan fingerprint density at radius 1 is 0.636 bits per heavy atom. The van der Waals surface area contributed by atoms with Gasteiger partial charge in [0.1, 0.15) is 22.6 Å². The van der Waals surface area contributed by atoms with E-state index in [0.29, 0.717) is 24.2 Å². The van der Waals surface area contributed by atoms with Crippen LogP contribution in [0, 0.1) is 0 Å². The quantitative estimate of drug-likeness (QED) is 0.148. The average molecular weight is 865 g/mol. The molecule has 3 N–H and O–H groups in total. The Labute approximate surface area is 333 Å². The standard InChI is InChI=1S/C22H19BrN2O3.C21H17BrN2O3/c1-28-20-6-2-4-16-17(20)11-12-19(16)25-13-3-5-18(22(25)27)21(26)24-15-9-7-14(23)8-10-15;22-13-6-8-14(9-7-13)23-20(26)17-4-2-12-24(21(17)27)18-11-10-16-15(18)3-1-5-19(16)25/h2-10,13,19H,11-12H2,1H3,(H,24,26);1-9,12,18,25H,10-11H2,(H,23,26). The molecular weight excluding hydrogens is 828 g/mol. The first-order valence-corrected chi connectivity index (χ1v) is 19.2. The van der Waals surface area contributed by atoms with Gasteiger partial charge in [0.2, 0.25) is 0 Å². The fourth-order valence-electron chi connectivity index (χ4n) is 7.30. The third-order valence-corrected chi connectivity index (χ3v) is 11.0. The summed E-state index contributed by atoms with van der Waals surface area (Å²) >= 11 is 6.71. The summed E-state index contributed by atoms with van der Waals surface area (Å²) in [4.78, 5) is 51.3. The van der Waals surface area contributed by atoms with Crippen LogP contribution >= 0.6 is 31.9 Å². The summed E-state index contributed by atoms with van der Waals surface area (Å²) < 4.78 is 10.5. The van der Waals surface area contributed by atoms with Crippen molar-refractivity contribution in [3.05, 3.63) is 185 Å². The lowest BCUT2D eigenvalue weighted by Gasteiger charge is -2.17. The molecule has 4 aromatic carbocycles. The Kier molecular flexibility index (Phi) is 11.2. The number of anilines is 2. The number of aromatic hydroxyl groups is 1. The van der Waals surface area contributed by atoms with Crippen molar-refractivity contribution < 1.29 is 19.4 Å². The number of amides is 2. The van der Waals surface area contributed by atoms with E-state index in [1.54, 1.807) is 83.2 Å². The summed E-state index contributed by atoms with van der Waals surface area (Å²) in [6, 6.07) is 31.9. The number of pyridine rings is 2. The first kappa shape index (κ1) is 37.6. The van der Waals surface area contributed by atoms with E-state index in [9.17, 15) is 24.3 Å². The van der Waals surface area contributed by atoms with Crippen LogP contribution in [0.2, 0.25) is 0 Å². The Bertz CT molecular complexity index is 2510. The van der Waals surface area contributed by atoms with E-state index >= 15 is 0 Å². The molecule has 278 valence electrons. The maximum Gasteiger partial charge on any atom is 0.263 e. The Hall–Kier alpha value is -5.72. The van der Waals surface area contributed by atoms with Gasteiger partial charge in [-0.05, 0) is 133 Å². The normalized spacial score (nSPS) is 15.3. The maximum atomic E-state index is 13.1. The maximum absolute atomic E-state index is 13.1. The highest BCUT2D eigenvalue weighted by molar-refractivity contribution is 9.10. The first-order chi connectivity index (χ1) is 26.6. The van der Waals surface area contributed by atoms with Crippen molar-refractivity contribution in [2.75, 3.05) is 17.7 Å². The molecule has 0 radical (unpaired) electrons. The number of hydrogen-bond acceptors (Lipinski definition) is 6. The molecule has 0 fully saturated rings. The molecule has 2 aliphatic carbocycles. The second kappa shape index (κ2) is 16.3. The van der Waals surface area contributed by atoms with Crippen LogP contribution in [0.15, 0.2) is 140 Å². The van der Waals surface area contributed by atoms with Gasteiger partial charge in [0.05, 0.1) is 19.2 Å². The van der Waals surface area contributed by atoms with Crippen LogP contribution in [0.25, 0.3) is 0 Å². The number of phenols is 1. The van der Waals surface area contributed by atoms with Gasteiger partial charge >= 0.3 is 0 Å². The van der Waals surface area contributed by atoms with Crippen LogP contribution in [0.4, 0.5) is 11.4 Å². The monoisotopic (exact) mass is 862 g/mol. The fourth-order valence-corrected chi connectivity index (χ4v) is 7.83. The molecule has 10 nitrogen and oxygen atoms in total. The number of ether oxygens (including phenoxy) is 1. The number of carbonyl (C=O) groups is 2. The van der Waals surface area contributed by atoms with Crippen molar-refractivity contribution >= 4 is 55.0 Å². The molecule has 6 aromatic rings. The number of benzene rings is 4. The molecule has 0 saturated carbocycles. The summed E-state index contributed by atoms with van der Waals surface area (Å²) in [7, 11) is 1.65. The summed E-state index contributed by atoms with van der Waals surface area (Å²) in [5.74, 6) is 0.251. The molecular formula is C43H36Br2N4O6. The van der Waals surface area contributed by atoms with Gasteiger partial charge in [-0.25, -0.2) is 0 Å². The number of rotatable bonds is 7. The molecule has 8 rings (SSSR count). The predicted molar refractivity (Wildman–Crippen MR) is 220 cm³/mol. The van der Waals surface area contributed by atoms with E-state index < -0.39 is 11.8 Å². The number of nitrogens with one attached hydrogen (secondary N) is 2. The zero-order valence-corrected chi connectivity index (χ0v) is 32.8. The second-order valence-electron chi connectivity index (χ2n) is 13.2. The molecule has 0 aliphatic heterocycles. The zero-order chi connectivity index (χ0) is 38.6. The van der Waals surface area contributed by atoms with E-state index in [4.69, 9.17) is 4.74 Å². The minimum atomic E-state index is -0.439. The molecule has 2 amide bonds. The SMILES string of the molecule is COc1cccc2c1CCC2n1cccc(C(=O)Nc2ccc(Br)cc2)c1=O.O=C(Nc1ccc(Br)cc1)c1cccn(C2CCc3c(O)cccc32)c1=O. The first-order valence-electron chi connectivity index (χ1n) is 17.7. The highest BCUT2D eigenvalue weighted by Gasteiger charge is 2.29. The van der Waals surface area contributed by atoms with Gasteiger partial charge in [-0.3, -0.25) is 19.2 Å². The van der Waals surface area contributed by atoms with Crippen molar-refractivity contribution in [3.8, 4) is 11.5 Å². The highest BCUT2D eigenvalue weighted by atomic mass is 79.9. The van der Waals surface area contributed by atoms with Crippen LogP contribution < -0.4 is 26.5 Å². The summed E-state index contributed by atoms with van der Waals surface area (Å²) in [6.07, 6.45) is 6.50. The van der Waals surface area contributed by atoms with Crippen molar-refractivity contribution in [1.29, 1.82) is 0 Å². The minimum Gasteiger partial charge on any atom is -0.508 e. The van der Waals surface area contributed by atoms with Gasteiger partial charge in [-0.2, -0.15) is 0 Å². The Balaban J connectivity index is 0.000000169. The van der Waals surface area contributed by atoms with Crippen molar-refractivity contribution in [2.45, 2.75) is 37.8 Å². The largest absolute Gasteiger partial charge is 0.508 e. The smallest absolute Gasteiger partial charge is 0.263 e. The van der Waals surface area contributed by atoms with Gasteiger partial charge in [0.15, 0.2) is 0 Å². The third kappa shape index (κ3) is 7.92. The van der Waals surface area contributed by atoms with Crippen molar-refractivity contribution in [2.24, 2.45) is 0 Å². The number of fused-ring (bicyclic) bond motifs is 2. The van der Waals surface area contributed by atoms with Crippen LogP contribution in [0.5, 0.6) is 11.5 Å². The lowest BCUT2D eigenvalue weighted by molar-refractivity contribution is 0.101. The third-order valence-electron chi connectivity index (χ3n) is 9.94. The van der Waals surface area contributed by atoms with Gasteiger partial charge in [-0.15, -0.1) is 0 Å². The lowest BCUT2D eigenvalue weighted by Crippen LogP contribution is -2.30. The number of hydrogen-bond donors (Lipinski definition) is 3. The summed E-state index contributed by atoms with van der Waals surface area (Å²) in [5.41, 5.74) is 4.86. The van der Waals surface area contributed by atoms with Crippen LogP contribution in [-0.2, 0) is 12.8 Å². The molecule has 12 heteroatoms. The molecule has 2 heterocycles. The van der Waals surface area contributed by atoms with Gasteiger partial charge in [0, 0.05) is 32.7 Å². The number of carbonyl (C=O) groups excluding carboxylic acids is 2. The van der Waals surface area contributed by atoms with E-state index in [1.165, 1.54) is 6.07 Å². The number of methoxy groups -OCH3 is 1. The van der Waals surface area contributed by atoms with E-state index in [2.05, 4.69) is 42.5 Å². The van der Waals surface area contributed by atoms with Gasteiger partial charge < -0.3 is 29.6 Å².